The summed E-state index contributed by atoms with van der Waals surface area (Å²) >= 11 is 0. The summed E-state index contributed by atoms with van der Waals surface area (Å²) in [5.41, 5.74) is 4.86. The van der Waals surface area contributed by atoms with E-state index in [0.29, 0.717) is 23.9 Å². The Labute approximate surface area is 308 Å². The SMILES string of the molecule is CCc1cc2ncc(CN3CCN(c4ccc(C(=O)NC5(CCCCN6CCN(C(=O)CC7CCCCC7)CC6)CCC5)nc4)CC3)cc2[nH]c1=O. The minimum absolute atomic E-state index is 0.0336. The molecule has 2 aliphatic heterocycles. The van der Waals surface area contributed by atoms with Crippen molar-refractivity contribution in [3.63, 3.8) is 0 Å². The predicted molar refractivity (Wildman–Crippen MR) is 206 cm³/mol. The zero-order chi connectivity index (χ0) is 35.9. The van der Waals surface area contributed by atoms with Crippen LogP contribution in [0.15, 0.2) is 41.5 Å². The molecule has 3 aromatic heterocycles. The summed E-state index contributed by atoms with van der Waals surface area (Å²) in [6.45, 7) is 11.1. The number of aromatic amines is 1. The third-order valence-electron chi connectivity index (χ3n) is 12.3. The van der Waals surface area contributed by atoms with Crippen molar-refractivity contribution < 1.29 is 9.59 Å². The molecule has 3 aromatic rings. The fourth-order valence-electron chi connectivity index (χ4n) is 8.78. The monoisotopic (exact) mass is 710 g/mol. The average molecular weight is 711 g/mol. The molecule has 2 amide bonds. The van der Waals surface area contributed by atoms with Crippen LogP contribution in [0.1, 0.15) is 106 Å². The number of unbranched alkanes of at least 4 members (excludes halogenated alkanes) is 1. The second-order valence-electron chi connectivity index (χ2n) is 15.9. The summed E-state index contributed by atoms with van der Waals surface area (Å²) in [5, 5.41) is 3.38. The summed E-state index contributed by atoms with van der Waals surface area (Å²) < 4.78 is 0. The number of pyridine rings is 3. The lowest BCUT2D eigenvalue weighted by Crippen LogP contribution is -2.53. The number of fused-ring (bicyclic) bond motifs is 1. The van der Waals surface area contributed by atoms with E-state index < -0.39 is 0 Å². The number of aryl methyl sites for hydroxylation is 1. The van der Waals surface area contributed by atoms with Crippen LogP contribution in [-0.4, -0.2) is 106 Å². The summed E-state index contributed by atoms with van der Waals surface area (Å²) in [5.74, 6) is 0.912. The number of nitrogens with one attached hydrogen (secondary N) is 2. The van der Waals surface area contributed by atoms with Crippen LogP contribution in [-0.2, 0) is 17.8 Å². The number of hydrogen-bond donors (Lipinski definition) is 2. The van der Waals surface area contributed by atoms with E-state index in [1.54, 1.807) is 0 Å². The molecule has 11 heteroatoms. The van der Waals surface area contributed by atoms with Crippen LogP contribution in [0.2, 0.25) is 0 Å². The number of rotatable bonds is 13. The van der Waals surface area contributed by atoms with Gasteiger partial charge in [-0.1, -0.05) is 26.2 Å². The minimum Gasteiger partial charge on any atom is -0.368 e. The topological polar surface area (TPSA) is 118 Å². The zero-order valence-corrected chi connectivity index (χ0v) is 31.2. The van der Waals surface area contributed by atoms with E-state index >= 15 is 0 Å². The Morgan fingerprint density at radius 2 is 1.65 bits per heavy atom. The first-order valence-electron chi connectivity index (χ1n) is 20.1. The van der Waals surface area contributed by atoms with Gasteiger partial charge in [-0.15, -0.1) is 0 Å². The third kappa shape index (κ3) is 9.02. The zero-order valence-electron chi connectivity index (χ0n) is 31.2. The molecule has 0 atom stereocenters. The van der Waals surface area contributed by atoms with Crippen LogP contribution >= 0.6 is 0 Å². The molecule has 0 unspecified atom stereocenters. The van der Waals surface area contributed by atoms with Crippen molar-refractivity contribution in [3.8, 4) is 0 Å². The number of anilines is 1. The van der Waals surface area contributed by atoms with Crippen LogP contribution in [0.5, 0.6) is 0 Å². The predicted octanol–water partition coefficient (Wildman–Crippen LogP) is 5.14. The number of H-pyrrole nitrogens is 1. The summed E-state index contributed by atoms with van der Waals surface area (Å²) in [6.07, 6.45) is 18.0. The lowest BCUT2D eigenvalue weighted by molar-refractivity contribution is -0.134. The highest BCUT2D eigenvalue weighted by Crippen LogP contribution is 2.36. The molecular weight excluding hydrogens is 653 g/mol. The number of amides is 2. The Hall–Kier alpha value is -3.83. The number of nitrogens with zero attached hydrogens (tertiary/aromatic N) is 6. The Morgan fingerprint density at radius 3 is 2.35 bits per heavy atom. The molecule has 280 valence electrons. The van der Waals surface area contributed by atoms with Gasteiger partial charge in [0.25, 0.3) is 11.5 Å². The number of carbonyl (C=O) groups excluding carboxylic acids is 2. The fourth-order valence-corrected chi connectivity index (χ4v) is 8.78. The lowest BCUT2D eigenvalue weighted by atomic mass is 9.73. The Kier molecular flexibility index (Phi) is 11.9. The maximum Gasteiger partial charge on any atom is 0.270 e. The number of aromatic nitrogens is 3. The minimum atomic E-state index is -0.105. The molecule has 4 fully saturated rings. The van der Waals surface area contributed by atoms with E-state index in [-0.39, 0.29) is 17.0 Å². The van der Waals surface area contributed by atoms with E-state index in [1.165, 1.54) is 32.1 Å². The first-order chi connectivity index (χ1) is 25.4. The highest BCUT2D eigenvalue weighted by Gasteiger charge is 2.38. The summed E-state index contributed by atoms with van der Waals surface area (Å²) in [4.78, 5) is 60.0. The second-order valence-corrected chi connectivity index (χ2v) is 15.9. The number of hydrogen-bond acceptors (Lipinski definition) is 8. The molecular formula is C41H58N8O3. The van der Waals surface area contributed by atoms with Crippen molar-refractivity contribution in [1.29, 1.82) is 0 Å². The van der Waals surface area contributed by atoms with Gasteiger partial charge in [-0.25, -0.2) is 4.98 Å². The molecule has 0 radical (unpaired) electrons. The molecule has 2 N–H and O–H groups in total. The van der Waals surface area contributed by atoms with Crippen molar-refractivity contribution >= 4 is 28.5 Å². The van der Waals surface area contributed by atoms with Crippen LogP contribution in [0.3, 0.4) is 0 Å². The van der Waals surface area contributed by atoms with Gasteiger partial charge >= 0.3 is 0 Å². The van der Waals surface area contributed by atoms with E-state index in [9.17, 15) is 14.4 Å². The average Bonchev–Trinajstić information content (AvgIpc) is 3.16. The van der Waals surface area contributed by atoms with E-state index in [0.717, 1.165) is 138 Å². The normalized spacial score (nSPS) is 20.2. The molecule has 2 aliphatic carbocycles. The molecule has 0 spiro atoms. The van der Waals surface area contributed by atoms with Gasteiger partial charge in [0, 0.05) is 82.6 Å². The summed E-state index contributed by atoms with van der Waals surface area (Å²) in [6, 6.07) is 7.83. The molecule has 0 bridgehead atoms. The van der Waals surface area contributed by atoms with Crippen LogP contribution in [0, 0.1) is 5.92 Å². The Morgan fingerprint density at radius 1 is 0.885 bits per heavy atom. The lowest BCUT2D eigenvalue weighted by Gasteiger charge is -2.43. The van der Waals surface area contributed by atoms with Gasteiger partial charge in [-0.3, -0.25) is 29.2 Å². The van der Waals surface area contributed by atoms with E-state index in [1.807, 2.05) is 43.6 Å². The van der Waals surface area contributed by atoms with Crippen LogP contribution < -0.4 is 15.8 Å². The molecule has 5 heterocycles. The summed E-state index contributed by atoms with van der Waals surface area (Å²) in [7, 11) is 0. The smallest absolute Gasteiger partial charge is 0.270 e. The van der Waals surface area contributed by atoms with Crippen LogP contribution in [0.4, 0.5) is 5.69 Å². The molecule has 7 rings (SSSR count). The molecule has 11 nitrogen and oxygen atoms in total. The standard InChI is InChI=1S/C41H58N8O3/c1-2-33-27-36-37(44-39(33)51)25-32(28-42-36)30-47-19-21-48(22-20-47)34-11-12-35(43-29-34)40(52)45-41(14-8-15-41)13-6-7-16-46-17-23-49(24-18-46)38(50)26-31-9-4-3-5-10-31/h11-12,25,27-29,31H,2-10,13-24,26,30H2,1H3,(H,44,51)(H,45,52). The van der Waals surface area contributed by atoms with Crippen molar-refractivity contribution in [2.75, 3.05) is 63.8 Å². The fraction of sp³-hybridized carbons (Fsp3) is 0.634. The van der Waals surface area contributed by atoms with Gasteiger partial charge in [0.1, 0.15) is 5.69 Å². The van der Waals surface area contributed by atoms with Crippen LogP contribution in [0.25, 0.3) is 11.0 Å². The highest BCUT2D eigenvalue weighted by atomic mass is 16.2. The maximum atomic E-state index is 13.3. The number of piperazine rings is 2. The Bertz CT molecular complexity index is 1720. The Balaban J connectivity index is 0.812. The highest BCUT2D eigenvalue weighted by molar-refractivity contribution is 5.93. The quantitative estimate of drug-likeness (QED) is 0.235. The van der Waals surface area contributed by atoms with Gasteiger partial charge in [0.2, 0.25) is 5.91 Å². The van der Waals surface area contributed by atoms with E-state index in [4.69, 9.17) is 0 Å². The third-order valence-corrected chi connectivity index (χ3v) is 12.3. The first kappa shape index (κ1) is 36.5. The maximum absolute atomic E-state index is 13.3. The van der Waals surface area contributed by atoms with Gasteiger partial charge in [0.15, 0.2) is 0 Å². The molecule has 2 saturated heterocycles. The molecule has 0 aromatic carbocycles. The van der Waals surface area contributed by atoms with Gasteiger partial charge in [0.05, 0.1) is 22.9 Å². The number of carbonyl (C=O) groups is 2. The van der Waals surface area contributed by atoms with Gasteiger partial charge < -0.3 is 20.1 Å². The molecule has 2 saturated carbocycles. The molecule has 4 aliphatic rings. The van der Waals surface area contributed by atoms with Crippen molar-refractivity contribution in [3.05, 3.63) is 63.8 Å². The van der Waals surface area contributed by atoms with Crippen molar-refractivity contribution in [2.24, 2.45) is 5.92 Å². The second kappa shape index (κ2) is 16.9. The van der Waals surface area contributed by atoms with Crippen molar-refractivity contribution in [1.82, 2.24) is 35.0 Å². The first-order valence-corrected chi connectivity index (χ1v) is 20.1. The van der Waals surface area contributed by atoms with Crippen molar-refractivity contribution in [2.45, 2.75) is 102 Å². The van der Waals surface area contributed by atoms with Gasteiger partial charge in [-0.2, -0.15) is 0 Å². The van der Waals surface area contributed by atoms with Gasteiger partial charge in [-0.05, 0) is 100 Å². The largest absolute Gasteiger partial charge is 0.368 e. The molecule has 52 heavy (non-hydrogen) atoms. The van der Waals surface area contributed by atoms with E-state index in [2.05, 4.69) is 39.9 Å².